The molecule has 1 aliphatic heterocycles. The van der Waals surface area contributed by atoms with Gasteiger partial charge in [-0.25, -0.2) is 9.59 Å². The minimum Gasteiger partial charge on any atom is -0.478 e. The van der Waals surface area contributed by atoms with Crippen LogP contribution >= 0.6 is 11.6 Å². The number of aromatic amines is 1. The SMILES string of the molecule is Cc1ccc(Oc2nc3cc(-c4ccc5c(c4)CN(C)C5)c(Cl)cc3[nH]2)cc1C(=O)O.O=C(O)C(F)(F)F. The van der Waals surface area contributed by atoms with Crippen LogP contribution in [0.1, 0.15) is 27.0 Å². The fourth-order valence-electron chi connectivity index (χ4n) is 4.02. The summed E-state index contributed by atoms with van der Waals surface area (Å²) in [4.78, 5) is 30.2. The number of hydrogen-bond donors (Lipinski definition) is 3. The Bertz CT molecular complexity index is 1550. The molecule has 0 fully saturated rings. The van der Waals surface area contributed by atoms with E-state index in [0.29, 0.717) is 16.3 Å². The topological polar surface area (TPSA) is 116 Å². The van der Waals surface area contributed by atoms with Gasteiger partial charge in [-0.15, -0.1) is 0 Å². The highest BCUT2D eigenvalue weighted by molar-refractivity contribution is 6.34. The molecule has 4 aromatic rings. The maximum atomic E-state index is 11.4. The predicted octanol–water partition coefficient (Wildman–Crippen LogP) is 6.26. The number of aliphatic carboxylic acids is 1. The van der Waals surface area contributed by atoms with Crippen molar-refractivity contribution in [2.24, 2.45) is 0 Å². The van der Waals surface area contributed by atoms with E-state index in [4.69, 9.17) is 26.2 Å². The molecule has 3 aromatic carbocycles. The highest BCUT2D eigenvalue weighted by atomic mass is 35.5. The van der Waals surface area contributed by atoms with Gasteiger partial charge in [0, 0.05) is 18.7 Å². The van der Waals surface area contributed by atoms with Crippen molar-refractivity contribution in [3.05, 3.63) is 75.8 Å². The second-order valence-corrected chi connectivity index (χ2v) is 9.14. The van der Waals surface area contributed by atoms with E-state index in [0.717, 1.165) is 35.2 Å². The molecule has 198 valence electrons. The average Bonchev–Trinajstić information content (AvgIpc) is 3.39. The summed E-state index contributed by atoms with van der Waals surface area (Å²) in [6.45, 7) is 3.64. The van der Waals surface area contributed by atoms with Crippen LogP contribution in [-0.2, 0) is 17.9 Å². The molecule has 0 saturated heterocycles. The molecule has 0 spiro atoms. The van der Waals surface area contributed by atoms with Crippen molar-refractivity contribution in [1.29, 1.82) is 0 Å². The van der Waals surface area contributed by atoms with E-state index in [1.807, 2.05) is 12.1 Å². The molecule has 38 heavy (non-hydrogen) atoms. The van der Waals surface area contributed by atoms with Gasteiger partial charge in [0.2, 0.25) is 0 Å². The molecule has 0 amide bonds. The highest BCUT2D eigenvalue weighted by Gasteiger charge is 2.38. The number of aromatic nitrogens is 2. The number of nitrogens with zero attached hydrogens (tertiary/aromatic N) is 2. The smallest absolute Gasteiger partial charge is 0.478 e. The second-order valence-electron chi connectivity index (χ2n) is 8.73. The fourth-order valence-corrected chi connectivity index (χ4v) is 4.29. The predicted molar refractivity (Wildman–Crippen MR) is 134 cm³/mol. The second kappa shape index (κ2) is 10.3. The average molecular weight is 548 g/mol. The summed E-state index contributed by atoms with van der Waals surface area (Å²) in [7, 11) is 2.11. The van der Waals surface area contributed by atoms with E-state index >= 15 is 0 Å². The number of hydrogen-bond acceptors (Lipinski definition) is 5. The quantitative estimate of drug-likeness (QED) is 0.276. The number of carbonyl (C=O) groups is 2. The van der Waals surface area contributed by atoms with Crippen molar-refractivity contribution < 1.29 is 37.7 Å². The number of ether oxygens (including phenoxy) is 1. The first-order chi connectivity index (χ1) is 17.8. The van der Waals surface area contributed by atoms with E-state index in [2.05, 4.69) is 40.1 Å². The van der Waals surface area contributed by atoms with Crippen LogP contribution in [-0.4, -0.2) is 50.2 Å². The molecule has 0 unspecified atom stereocenters. The van der Waals surface area contributed by atoms with Gasteiger partial charge in [-0.05, 0) is 66.6 Å². The largest absolute Gasteiger partial charge is 0.490 e. The molecule has 1 aromatic heterocycles. The number of benzene rings is 3. The van der Waals surface area contributed by atoms with Crippen molar-refractivity contribution in [1.82, 2.24) is 14.9 Å². The molecule has 3 N–H and O–H groups in total. The highest BCUT2D eigenvalue weighted by Crippen LogP contribution is 2.35. The molecule has 0 bridgehead atoms. The zero-order valence-electron chi connectivity index (χ0n) is 20.1. The van der Waals surface area contributed by atoms with Crippen molar-refractivity contribution in [2.45, 2.75) is 26.2 Å². The Morgan fingerprint density at radius 1 is 1.05 bits per heavy atom. The third kappa shape index (κ3) is 5.90. The molecule has 5 rings (SSSR count). The van der Waals surface area contributed by atoms with Crippen LogP contribution in [0.4, 0.5) is 13.2 Å². The first kappa shape index (κ1) is 27.0. The van der Waals surface area contributed by atoms with Crippen molar-refractivity contribution in [3.63, 3.8) is 0 Å². The Balaban J connectivity index is 0.000000426. The van der Waals surface area contributed by atoms with Crippen LogP contribution in [0.3, 0.4) is 0 Å². The van der Waals surface area contributed by atoms with Crippen LogP contribution in [0.2, 0.25) is 5.02 Å². The van der Waals surface area contributed by atoms with E-state index < -0.39 is 18.1 Å². The molecule has 0 radical (unpaired) electrons. The summed E-state index contributed by atoms with van der Waals surface area (Å²) in [5.41, 5.74) is 6.95. The molecule has 12 heteroatoms. The van der Waals surface area contributed by atoms with Gasteiger partial charge in [-0.2, -0.15) is 18.2 Å². The maximum Gasteiger partial charge on any atom is 0.490 e. The van der Waals surface area contributed by atoms with Gasteiger partial charge in [0.05, 0.1) is 21.6 Å². The Morgan fingerprint density at radius 2 is 1.74 bits per heavy atom. The van der Waals surface area contributed by atoms with E-state index in [1.54, 1.807) is 19.1 Å². The Labute approximate surface area is 219 Å². The first-order valence-electron chi connectivity index (χ1n) is 11.1. The molecule has 2 heterocycles. The minimum atomic E-state index is -5.08. The third-order valence-corrected chi connectivity index (χ3v) is 6.16. The van der Waals surface area contributed by atoms with Gasteiger partial charge >= 0.3 is 18.1 Å². The van der Waals surface area contributed by atoms with Gasteiger partial charge in [0.25, 0.3) is 6.01 Å². The number of carboxylic acids is 2. The summed E-state index contributed by atoms with van der Waals surface area (Å²) < 4.78 is 37.5. The number of aryl methyl sites for hydroxylation is 1. The summed E-state index contributed by atoms with van der Waals surface area (Å²) in [6, 6.07) is 15.4. The molecule has 1 aliphatic rings. The van der Waals surface area contributed by atoms with Crippen LogP contribution in [0.15, 0.2) is 48.5 Å². The Morgan fingerprint density at radius 3 is 2.39 bits per heavy atom. The Hall–Kier alpha value is -4.09. The monoisotopic (exact) mass is 547 g/mol. The van der Waals surface area contributed by atoms with Crippen LogP contribution in [0, 0.1) is 6.92 Å². The Kier molecular flexibility index (Phi) is 7.34. The number of H-pyrrole nitrogens is 1. The molecule has 8 nitrogen and oxygen atoms in total. The number of carboxylic acid groups (broad SMARTS) is 2. The zero-order valence-corrected chi connectivity index (χ0v) is 20.8. The van der Waals surface area contributed by atoms with Crippen molar-refractivity contribution in [2.75, 3.05) is 7.05 Å². The van der Waals surface area contributed by atoms with Gasteiger partial charge in [0.1, 0.15) is 5.75 Å². The summed E-state index contributed by atoms with van der Waals surface area (Å²) in [5.74, 6) is -3.35. The number of aromatic carboxylic acids is 1. The zero-order chi connectivity index (χ0) is 27.8. The molecule has 0 saturated carbocycles. The molecular formula is C26H21ClF3N3O5. The van der Waals surface area contributed by atoms with Gasteiger partial charge < -0.3 is 19.9 Å². The lowest BCUT2D eigenvalue weighted by molar-refractivity contribution is -0.192. The lowest BCUT2D eigenvalue weighted by atomic mass is 10.00. The van der Waals surface area contributed by atoms with Crippen molar-refractivity contribution in [3.8, 4) is 22.9 Å². The first-order valence-corrected chi connectivity index (χ1v) is 11.5. The van der Waals surface area contributed by atoms with E-state index in [-0.39, 0.29) is 11.6 Å². The van der Waals surface area contributed by atoms with Crippen LogP contribution < -0.4 is 4.74 Å². The van der Waals surface area contributed by atoms with E-state index in [1.165, 1.54) is 17.2 Å². The van der Waals surface area contributed by atoms with Gasteiger partial charge in [0.15, 0.2) is 0 Å². The van der Waals surface area contributed by atoms with Gasteiger partial charge in [-0.3, -0.25) is 4.90 Å². The molecule has 0 atom stereocenters. The number of nitrogens with one attached hydrogen (secondary N) is 1. The number of alkyl halides is 3. The number of rotatable bonds is 4. The maximum absolute atomic E-state index is 11.4. The van der Waals surface area contributed by atoms with Crippen molar-refractivity contribution >= 4 is 34.6 Å². The van der Waals surface area contributed by atoms with E-state index in [9.17, 15) is 23.1 Å². The lowest BCUT2D eigenvalue weighted by Gasteiger charge is -2.07. The van der Waals surface area contributed by atoms with Gasteiger partial charge in [-0.1, -0.05) is 29.8 Å². The summed E-state index contributed by atoms with van der Waals surface area (Å²) >= 11 is 6.60. The number of imidazole rings is 1. The number of halogens is 4. The fraction of sp³-hybridized carbons (Fsp3) is 0.192. The lowest BCUT2D eigenvalue weighted by Crippen LogP contribution is -2.21. The molecular weight excluding hydrogens is 527 g/mol. The standard InChI is InChI=1S/C24H20ClN3O3.C2HF3O2/c1-13-3-6-17(8-18(13)23(29)30)31-24-26-21-9-19(20(25)10-22(21)27-24)14-4-5-15-11-28(2)12-16(15)7-14;3-2(4,5)1(6)7/h3-10H,11-12H2,1-2H3,(H,26,27)(H,29,30);(H,6,7). The normalized spacial score (nSPS) is 13.1. The summed E-state index contributed by atoms with van der Waals surface area (Å²) in [5, 5.41) is 17.1. The van der Waals surface area contributed by atoms with Crippen LogP contribution in [0.5, 0.6) is 11.8 Å². The number of fused-ring (bicyclic) bond motifs is 2. The van der Waals surface area contributed by atoms with Crippen LogP contribution in [0.25, 0.3) is 22.2 Å². The minimum absolute atomic E-state index is 0.196. The molecule has 0 aliphatic carbocycles. The third-order valence-electron chi connectivity index (χ3n) is 5.84. The summed E-state index contributed by atoms with van der Waals surface area (Å²) in [6.07, 6.45) is -5.08.